The van der Waals surface area contributed by atoms with Gasteiger partial charge in [-0.2, -0.15) is 0 Å². The van der Waals surface area contributed by atoms with Crippen LogP contribution in [0.4, 0.5) is 0 Å². The molecule has 12 heavy (non-hydrogen) atoms. The molecule has 0 aromatic rings. The summed E-state index contributed by atoms with van der Waals surface area (Å²) in [4.78, 5) is 10.7. The molecule has 2 atom stereocenters. The lowest BCUT2D eigenvalue weighted by Crippen LogP contribution is -2.16. The SMILES string of the molecule is O=C(O)C1=CC[C@@H]2CCC[C@@H]2C1. The maximum atomic E-state index is 10.7. The molecule has 66 valence electrons. The van der Waals surface area contributed by atoms with E-state index in [-0.39, 0.29) is 0 Å². The third kappa shape index (κ3) is 1.26. The lowest BCUT2D eigenvalue weighted by Gasteiger charge is -2.23. The minimum atomic E-state index is -0.708. The van der Waals surface area contributed by atoms with E-state index in [1.54, 1.807) is 0 Å². The van der Waals surface area contributed by atoms with E-state index >= 15 is 0 Å². The highest BCUT2D eigenvalue weighted by atomic mass is 16.4. The molecular weight excluding hydrogens is 152 g/mol. The number of hydrogen-bond donors (Lipinski definition) is 1. The average Bonchev–Trinajstić information content (AvgIpc) is 2.49. The van der Waals surface area contributed by atoms with Gasteiger partial charge in [-0.3, -0.25) is 0 Å². The van der Waals surface area contributed by atoms with Crippen LogP contribution < -0.4 is 0 Å². The van der Waals surface area contributed by atoms with E-state index in [0.29, 0.717) is 11.5 Å². The molecular formula is C10H14O2. The Morgan fingerprint density at radius 2 is 2.17 bits per heavy atom. The molecule has 0 bridgehead atoms. The Morgan fingerprint density at radius 1 is 1.42 bits per heavy atom. The molecule has 0 amide bonds. The van der Waals surface area contributed by atoms with Gasteiger partial charge < -0.3 is 5.11 Å². The van der Waals surface area contributed by atoms with Gasteiger partial charge in [0.05, 0.1) is 0 Å². The molecule has 0 radical (unpaired) electrons. The molecule has 0 unspecified atom stereocenters. The highest BCUT2D eigenvalue weighted by molar-refractivity contribution is 5.86. The summed E-state index contributed by atoms with van der Waals surface area (Å²) in [6.45, 7) is 0. The molecule has 1 saturated carbocycles. The maximum absolute atomic E-state index is 10.7. The minimum Gasteiger partial charge on any atom is -0.478 e. The van der Waals surface area contributed by atoms with Crippen LogP contribution in [0.25, 0.3) is 0 Å². The Bertz CT molecular complexity index is 230. The van der Waals surface area contributed by atoms with Gasteiger partial charge in [-0.1, -0.05) is 12.5 Å². The standard InChI is InChI=1S/C10H14O2/c11-10(12)9-5-4-7-2-1-3-8(7)6-9/h5,7-8H,1-4,6H2,(H,11,12)/t7-,8+/m0/s1. The average molecular weight is 166 g/mol. The smallest absolute Gasteiger partial charge is 0.331 e. The van der Waals surface area contributed by atoms with Crippen molar-refractivity contribution in [1.29, 1.82) is 0 Å². The predicted octanol–water partition coefficient (Wildman–Crippen LogP) is 2.21. The molecule has 0 aromatic heterocycles. The van der Waals surface area contributed by atoms with Crippen molar-refractivity contribution >= 4 is 5.97 Å². The van der Waals surface area contributed by atoms with Gasteiger partial charge in [-0.25, -0.2) is 4.79 Å². The van der Waals surface area contributed by atoms with E-state index in [2.05, 4.69) is 0 Å². The van der Waals surface area contributed by atoms with Crippen LogP contribution in [0.15, 0.2) is 11.6 Å². The van der Waals surface area contributed by atoms with Gasteiger partial charge in [0.2, 0.25) is 0 Å². The fourth-order valence-corrected chi connectivity index (χ4v) is 2.53. The number of allylic oxidation sites excluding steroid dienone is 1. The normalized spacial score (nSPS) is 34.2. The summed E-state index contributed by atoms with van der Waals surface area (Å²) in [7, 11) is 0. The number of aliphatic carboxylic acids is 1. The summed E-state index contributed by atoms with van der Waals surface area (Å²) < 4.78 is 0. The summed E-state index contributed by atoms with van der Waals surface area (Å²) in [5.41, 5.74) is 0.651. The number of rotatable bonds is 1. The van der Waals surface area contributed by atoms with Crippen molar-refractivity contribution in [2.45, 2.75) is 32.1 Å². The Balaban J connectivity index is 2.09. The summed E-state index contributed by atoms with van der Waals surface area (Å²) in [6.07, 6.45) is 7.61. The summed E-state index contributed by atoms with van der Waals surface area (Å²) >= 11 is 0. The van der Waals surface area contributed by atoms with Gasteiger partial charge in [-0.15, -0.1) is 0 Å². The van der Waals surface area contributed by atoms with Gasteiger partial charge >= 0.3 is 5.97 Å². The molecule has 1 N–H and O–H groups in total. The van der Waals surface area contributed by atoms with Crippen LogP contribution in [0.3, 0.4) is 0 Å². The number of carboxylic acid groups (broad SMARTS) is 1. The molecule has 0 saturated heterocycles. The van der Waals surface area contributed by atoms with Gasteiger partial charge in [0.15, 0.2) is 0 Å². The molecule has 0 aromatic carbocycles. The lowest BCUT2D eigenvalue weighted by molar-refractivity contribution is -0.133. The highest BCUT2D eigenvalue weighted by Crippen LogP contribution is 2.41. The zero-order chi connectivity index (χ0) is 8.55. The fraction of sp³-hybridized carbons (Fsp3) is 0.700. The first-order valence-corrected chi connectivity index (χ1v) is 4.69. The van der Waals surface area contributed by atoms with Gasteiger partial charge in [0.1, 0.15) is 0 Å². The van der Waals surface area contributed by atoms with Crippen LogP contribution in [0.2, 0.25) is 0 Å². The van der Waals surface area contributed by atoms with Gasteiger partial charge in [-0.05, 0) is 37.5 Å². The highest BCUT2D eigenvalue weighted by Gasteiger charge is 2.31. The Kier molecular flexibility index (Phi) is 1.91. The third-order valence-corrected chi connectivity index (χ3v) is 3.24. The van der Waals surface area contributed by atoms with Crippen LogP contribution >= 0.6 is 0 Å². The Morgan fingerprint density at radius 3 is 2.92 bits per heavy atom. The third-order valence-electron chi connectivity index (χ3n) is 3.24. The summed E-state index contributed by atoms with van der Waals surface area (Å²) in [5, 5.41) is 8.79. The van der Waals surface area contributed by atoms with Gasteiger partial charge in [0.25, 0.3) is 0 Å². The van der Waals surface area contributed by atoms with Crippen LogP contribution in [0, 0.1) is 11.8 Å². The predicted molar refractivity (Wildman–Crippen MR) is 45.8 cm³/mol. The minimum absolute atomic E-state index is 0.651. The van der Waals surface area contributed by atoms with Crippen LogP contribution in [0.1, 0.15) is 32.1 Å². The molecule has 2 aliphatic rings. The largest absolute Gasteiger partial charge is 0.478 e. The first kappa shape index (κ1) is 7.84. The number of hydrogen-bond acceptors (Lipinski definition) is 1. The van der Waals surface area contributed by atoms with E-state index in [4.69, 9.17) is 5.11 Å². The van der Waals surface area contributed by atoms with Gasteiger partial charge in [0, 0.05) is 5.57 Å². The molecule has 0 aliphatic heterocycles. The molecule has 2 heteroatoms. The topological polar surface area (TPSA) is 37.3 Å². The van der Waals surface area contributed by atoms with Crippen LogP contribution in [-0.2, 0) is 4.79 Å². The number of carbonyl (C=O) groups is 1. The lowest BCUT2D eigenvalue weighted by atomic mass is 9.82. The van der Waals surface area contributed by atoms with Crippen molar-refractivity contribution in [3.63, 3.8) is 0 Å². The van der Waals surface area contributed by atoms with Crippen molar-refractivity contribution in [1.82, 2.24) is 0 Å². The second-order valence-corrected chi connectivity index (χ2v) is 3.93. The fourth-order valence-electron chi connectivity index (χ4n) is 2.53. The van der Waals surface area contributed by atoms with Crippen molar-refractivity contribution in [3.8, 4) is 0 Å². The molecule has 2 aliphatic carbocycles. The molecule has 1 fully saturated rings. The molecule has 2 nitrogen and oxygen atoms in total. The van der Waals surface area contributed by atoms with Crippen molar-refractivity contribution < 1.29 is 9.90 Å². The van der Waals surface area contributed by atoms with Crippen LogP contribution in [0.5, 0.6) is 0 Å². The van der Waals surface area contributed by atoms with E-state index in [1.807, 2.05) is 6.08 Å². The van der Waals surface area contributed by atoms with E-state index in [0.717, 1.165) is 18.8 Å². The Labute approximate surface area is 72.3 Å². The second kappa shape index (κ2) is 2.92. The first-order valence-electron chi connectivity index (χ1n) is 4.69. The van der Waals surface area contributed by atoms with Crippen molar-refractivity contribution in [2.24, 2.45) is 11.8 Å². The quantitative estimate of drug-likeness (QED) is 0.648. The van der Waals surface area contributed by atoms with E-state index in [9.17, 15) is 4.79 Å². The Hall–Kier alpha value is -0.790. The molecule has 0 heterocycles. The number of fused-ring (bicyclic) bond motifs is 1. The molecule has 2 rings (SSSR count). The summed E-state index contributed by atoms with van der Waals surface area (Å²) in [6, 6.07) is 0. The van der Waals surface area contributed by atoms with Crippen LogP contribution in [-0.4, -0.2) is 11.1 Å². The maximum Gasteiger partial charge on any atom is 0.331 e. The zero-order valence-electron chi connectivity index (χ0n) is 7.12. The van der Waals surface area contributed by atoms with E-state index in [1.165, 1.54) is 19.3 Å². The van der Waals surface area contributed by atoms with Crippen molar-refractivity contribution in [3.05, 3.63) is 11.6 Å². The zero-order valence-corrected chi connectivity index (χ0v) is 7.12. The number of carboxylic acids is 1. The first-order chi connectivity index (χ1) is 5.77. The van der Waals surface area contributed by atoms with E-state index < -0.39 is 5.97 Å². The molecule has 0 spiro atoms. The second-order valence-electron chi connectivity index (χ2n) is 3.93. The summed E-state index contributed by atoms with van der Waals surface area (Å²) in [5.74, 6) is 0.773. The van der Waals surface area contributed by atoms with Crippen molar-refractivity contribution in [2.75, 3.05) is 0 Å². The monoisotopic (exact) mass is 166 g/mol.